The van der Waals surface area contributed by atoms with Gasteiger partial charge in [-0.25, -0.2) is 0 Å². The van der Waals surface area contributed by atoms with Gasteiger partial charge >= 0.3 is 0 Å². The van der Waals surface area contributed by atoms with Crippen LogP contribution in [0.4, 0.5) is 0 Å². The van der Waals surface area contributed by atoms with Crippen molar-refractivity contribution >= 4 is 22.9 Å². The smallest absolute Gasteiger partial charge is 0.0931 e. The largest absolute Gasteiger partial charge is 0.391 e. The van der Waals surface area contributed by atoms with Crippen molar-refractivity contribution in [2.45, 2.75) is 38.3 Å². The predicted octanol–water partition coefficient (Wildman–Crippen LogP) is 3.04. The maximum absolute atomic E-state index is 10.3. The topological polar surface area (TPSA) is 23.5 Å². The highest BCUT2D eigenvalue weighted by Crippen LogP contribution is 2.28. The molecule has 0 radical (unpaired) electrons. The lowest BCUT2D eigenvalue weighted by Crippen LogP contribution is -2.51. The number of aliphatic hydroxyl groups excluding tert-OH is 1. The number of aliphatic hydroxyl groups is 1. The van der Waals surface area contributed by atoms with Crippen LogP contribution in [0, 0.1) is 0 Å². The minimum Gasteiger partial charge on any atom is -0.391 e. The molecule has 4 heteroatoms. The van der Waals surface area contributed by atoms with E-state index in [2.05, 4.69) is 18.7 Å². The van der Waals surface area contributed by atoms with Crippen LogP contribution in [0.1, 0.15) is 25.1 Å². The van der Waals surface area contributed by atoms with Crippen LogP contribution in [0.5, 0.6) is 0 Å². The Morgan fingerprint density at radius 1 is 1.50 bits per heavy atom. The second-order valence-corrected chi connectivity index (χ2v) is 6.33. The lowest BCUT2D eigenvalue weighted by molar-refractivity contribution is 0.00346. The van der Waals surface area contributed by atoms with Crippen LogP contribution >= 0.6 is 22.9 Å². The minimum absolute atomic E-state index is 0.184. The van der Waals surface area contributed by atoms with E-state index in [4.69, 9.17) is 11.6 Å². The fraction of sp³-hybridized carbons (Fsp3) is 0.667. The van der Waals surface area contributed by atoms with Gasteiger partial charge in [-0.05, 0) is 39.6 Å². The van der Waals surface area contributed by atoms with E-state index in [1.807, 2.05) is 26.2 Å². The summed E-state index contributed by atoms with van der Waals surface area (Å²) in [5, 5.41) is 10.3. The molecule has 2 unspecified atom stereocenters. The lowest BCUT2D eigenvalue weighted by Gasteiger charge is -2.39. The van der Waals surface area contributed by atoms with Crippen molar-refractivity contribution in [2.24, 2.45) is 0 Å². The van der Waals surface area contributed by atoms with Crippen molar-refractivity contribution in [2.75, 3.05) is 14.1 Å². The molecule has 0 fully saturated rings. The third-order valence-corrected chi connectivity index (χ3v) is 4.73. The maximum Gasteiger partial charge on any atom is 0.0931 e. The van der Waals surface area contributed by atoms with E-state index in [0.717, 1.165) is 15.6 Å². The quantitative estimate of drug-likeness (QED) is 0.881. The molecule has 92 valence electrons. The van der Waals surface area contributed by atoms with Crippen LogP contribution in [0.25, 0.3) is 0 Å². The van der Waals surface area contributed by atoms with Crippen molar-refractivity contribution in [3.63, 3.8) is 0 Å². The van der Waals surface area contributed by atoms with Crippen LogP contribution < -0.4 is 0 Å². The normalized spacial score (nSPS) is 17.4. The number of thiophene rings is 1. The van der Waals surface area contributed by atoms with Gasteiger partial charge < -0.3 is 10.0 Å². The molecule has 0 aromatic carbocycles. The molecule has 2 nitrogen and oxygen atoms in total. The van der Waals surface area contributed by atoms with Crippen molar-refractivity contribution < 1.29 is 5.11 Å². The Bertz CT molecular complexity index is 340. The lowest BCUT2D eigenvalue weighted by atomic mass is 9.88. The molecule has 0 aliphatic carbocycles. The molecule has 16 heavy (non-hydrogen) atoms. The molecule has 0 saturated heterocycles. The average molecular weight is 262 g/mol. The number of nitrogens with zero attached hydrogens (tertiary/aromatic N) is 1. The summed E-state index contributed by atoms with van der Waals surface area (Å²) in [5.74, 6) is 0. The Hall–Kier alpha value is -0.0900. The Morgan fingerprint density at radius 3 is 2.50 bits per heavy atom. The van der Waals surface area contributed by atoms with Gasteiger partial charge in [0, 0.05) is 16.8 Å². The number of rotatable bonds is 5. The zero-order valence-corrected chi connectivity index (χ0v) is 11.9. The van der Waals surface area contributed by atoms with Gasteiger partial charge in [0.25, 0.3) is 0 Å². The molecule has 0 aliphatic heterocycles. The molecule has 0 aliphatic rings. The summed E-state index contributed by atoms with van der Waals surface area (Å²) in [6, 6.07) is 3.87. The van der Waals surface area contributed by atoms with Gasteiger partial charge in [-0.3, -0.25) is 0 Å². The maximum atomic E-state index is 10.3. The standard InChI is InChI=1S/C12H20ClNOS/c1-5-12(2,14(3)4)10(15)8-9-6-7-11(13)16-9/h6-7,10,15H,5,8H2,1-4H3. The fourth-order valence-corrected chi connectivity index (χ4v) is 2.85. The van der Waals surface area contributed by atoms with E-state index in [1.54, 1.807) is 11.3 Å². The highest BCUT2D eigenvalue weighted by atomic mass is 35.5. The fourth-order valence-electron chi connectivity index (χ4n) is 1.72. The molecule has 1 heterocycles. The van der Waals surface area contributed by atoms with Crippen molar-refractivity contribution in [1.82, 2.24) is 4.90 Å². The third kappa shape index (κ3) is 2.98. The summed E-state index contributed by atoms with van der Waals surface area (Å²) >= 11 is 7.42. The molecule has 0 spiro atoms. The van der Waals surface area contributed by atoms with E-state index in [-0.39, 0.29) is 11.6 Å². The molecule has 0 amide bonds. The highest BCUT2D eigenvalue weighted by molar-refractivity contribution is 7.16. The Balaban J connectivity index is 2.73. The highest BCUT2D eigenvalue weighted by Gasteiger charge is 2.33. The Labute approximate surface area is 107 Å². The first-order chi connectivity index (χ1) is 7.40. The molecule has 1 aromatic rings. The molecule has 0 bridgehead atoms. The van der Waals surface area contributed by atoms with Gasteiger partial charge in [-0.15, -0.1) is 11.3 Å². The zero-order chi connectivity index (χ0) is 12.3. The number of halogens is 1. The summed E-state index contributed by atoms with van der Waals surface area (Å²) in [5.41, 5.74) is -0.184. The van der Waals surface area contributed by atoms with E-state index in [1.165, 1.54) is 0 Å². The first kappa shape index (κ1) is 14.0. The second kappa shape index (κ2) is 5.50. The summed E-state index contributed by atoms with van der Waals surface area (Å²) in [6.07, 6.45) is 1.21. The van der Waals surface area contributed by atoms with Crippen molar-refractivity contribution in [3.05, 3.63) is 21.3 Å². The van der Waals surface area contributed by atoms with Crippen LogP contribution in [0.3, 0.4) is 0 Å². The average Bonchev–Trinajstić information content (AvgIpc) is 2.62. The van der Waals surface area contributed by atoms with Gasteiger partial charge in [0.2, 0.25) is 0 Å². The molecule has 1 N–H and O–H groups in total. The van der Waals surface area contributed by atoms with E-state index < -0.39 is 0 Å². The summed E-state index contributed by atoms with van der Waals surface area (Å²) in [4.78, 5) is 3.23. The Kier molecular flexibility index (Phi) is 4.80. The SMILES string of the molecule is CCC(C)(C(O)Cc1ccc(Cl)s1)N(C)C. The minimum atomic E-state index is -0.373. The van der Waals surface area contributed by atoms with Crippen molar-refractivity contribution in [3.8, 4) is 0 Å². The number of hydrogen-bond donors (Lipinski definition) is 1. The summed E-state index contributed by atoms with van der Waals surface area (Å²) in [6.45, 7) is 4.19. The first-order valence-electron chi connectivity index (χ1n) is 5.50. The predicted molar refractivity (Wildman–Crippen MR) is 71.4 cm³/mol. The zero-order valence-electron chi connectivity index (χ0n) is 10.3. The van der Waals surface area contributed by atoms with Crippen molar-refractivity contribution in [1.29, 1.82) is 0 Å². The third-order valence-electron chi connectivity index (χ3n) is 3.48. The second-order valence-electron chi connectivity index (χ2n) is 4.53. The molecular weight excluding hydrogens is 242 g/mol. The Morgan fingerprint density at radius 2 is 2.12 bits per heavy atom. The van der Waals surface area contributed by atoms with E-state index in [0.29, 0.717) is 6.42 Å². The van der Waals surface area contributed by atoms with Crippen LogP contribution in [0.15, 0.2) is 12.1 Å². The van der Waals surface area contributed by atoms with Crippen LogP contribution in [-0.4, -0.2) is 35.7 Å². The monoisotopic (exact) mass is 261 g/mol. The summed E-state index contributed by atoms with van der Waals surface area (Å²) < 4.78 is 0.783. The van der Waals surface area contributed by atoms with E-state index in [9.17, 15) is 5.11 Å². The molecular formula is C12H20ClNOS. The van der Waals surface area contributed by atoms with Crippen LogP contribution in [-0.2, 0) is 6.42 Å². The number of likely N-dealkylation sites (N-methyl/N-ethyl adjacent to an activating group) is 1. The van der Waals surface area contributed by atoms with Gasteiger partial charge in [-0.1, -0.05) is 18.5 Å². The van der Waals surface area contributed by atoms with E-state index >= 15 is 0 Å². The van der Waals surface area contributed by atoms with Gasteiger partial charge in [-0.2, -0.15) is 0 Å². The summed E-state index contributed by atoms with van der Waals surface area (Å²) in [7, 11) is 4.02. The number of hydrogen-bond acceptors (Lipinski definition) is 3. The molecule has 1 rings (SSSR count). The van der Waals surface area contributed by atoms with Gasteiger partial charge in [0.15, 0.2) is 0 Å². The molecule has 1 aromatic heterocycles. The van der Waals surface area contributed by atoms with Gasteiger partial charge in [0.05, 0.1) is 10.4 Å². The first-order valence-corrected chi connectivity index (χ1v) is 6.69. The van der Waals surface area contributed by atoms with Gasteiger partial charge in [0.1, 0.15) is 0 Å². The molecule has 2 atom stereocenters. The van der Waals surface area contributed by atoms with Crippen LogP contribution in [0.2, 0.25) is 4.34 Å². The molecule has 0 saturated carbocycles.